The van der Waals surface area contributed by atoms with Crippen molar-refractivity contribution in [2.45, 2.75) is 13.3 Å². The van der Waals surface area contributed by atoms with Crippen LogP contribution in [0.5, 0.6) is 11.5 Å². The molecule has 0 aromatic heterocycles. The Morgan fingerprint density at radius 2 is 1.83 bits per heavy atom. The topological polar surface area (TPSA) is 21.6 Å². The summed E-state index contributed by atoms with van der Waals surface area (Å²) in [5.74, 6) is 1.74. The van der Waals surface area contributed by atoms with Crippen molar-refractivity contribution in [3.05, 3.63) is 59.7 Å². The number of aliphatic imine (C=N–C) groups is 1. The van der Waals surface area contributed by atoms with Crippen LogP contribution in [0.15, 0.2) is 53.5 Å². The lowest BCUT2D eigenvalue weighted by molar-refractivity contribution is 0.482. The van der Waals surface area contributed by atoms with Crippen molar-refractivity contribution in [1.29, 1.82) is 0 Å². The highest BCUT2D eigenvalue weighted by molar-refractivity contribution is 6.01. The number of fused-ring (bicyclic) bond motifs is 1. The quantitative estimate of drug-likeness (QED) is 0.777. The van der Waals surface area contributed by atoms with E-state index in [-0.39, 0.29) is 0 Å². The number of hydrogen-bond donors (Lipinski definition) is 0. The van der Waals surface area contributed by atoms with Gasteiger partial charge in [0.25, 0.3) is 0 Å². The van der Waals surface area contributed by atoms with Gasteiger partial charge in [0.1, 0.15) is 11.5 Å². The van der Waals surface area contributed by atoms with E-state index in [9.17, 15) is 0 Å². The fraction of sp³-hybridized carbons (Fsp3) is 0.188. The molecular formula is C16H15NO. The molecule has 0 aliphatic carbocycles. The first-order chi connectivity index (χ1) is 8.83. The molecule has 0 atom stereocenters. The monoisotopic (exact) mass is 237 g/mol. The summed E-state index contributed by atoms with van der Waals surface area (Å²) in [5.41, 5.74) is 3.69. The van der Waals surface area contributed by atoms with Crippen LogP contribution in [0.3, 0.4) is 0 Å². The Kier molecular flexibility index (Phi) is 2.85. The Hall–Kier alpha value is -2.09. The van der Waals surface area contributed by atoms with E-state index in [4.69, 9.17) is 4.74 Å². The average Bonchev–Trinajstić information content (AvgIpc) is 2.41. The van der Waals surface area contributed by atoms with E-state index in [2.05, 4.69) is 24.0 Å². The molecule has 2 aromatic carbocycles. The number of benzene rings is 2. The highest BCUT2D eigenvalue weighted by Gasteiger charge is 2.11. The molecule has 0 radical (unpaired) electrons. The SMILES string of the molecule is CC1=NCCc2ccc(Oc3ccccc3)cc21. The molecule has 0 saturated carbocycles. The first-order valence-electron chi connectivity index (χ1n) is 6.20. The molecule has 0 saturated heterocycles. The molecule has 2 heteroatoms. The Morgan fingerprint density at radius 3 is 2.67 bits per heavy atom. The van der Waals surface area contributed by atoms with E-state index < -0.39 is 0 Å². The van der Waals surface area contributed by atoms with Gasteiger partial charge < -0.3 is 4.74 Å². The molecule has 2 aromatic rings. The summed E-state index contributed by atoms with van der Waals surface area (Å²) in [7, 11) is 0. The van der Waals surface area contributed by atoms with E-state index in [1.807, 2.05) is 36.4 Å². The van der Waals surface area contributed by atoms with Gasteiger partial charge >= 0.3 is 0 Å². The van der Waals surface area contributed by atoms with E-state index >= 15 is 0 Å². The Bertz CT molecular complexity index is 587. The molecule has 0 spiro atoms. The van der Waals surface area contributed by atoms with Gasteiger partial charge in [-0.25, -0.2) is 0 Å². The molecule has 0 fully saturated rings. The predicted octanol–water partition coefficient (Wildman–Crippen LogP) is 3.84. The van der Waals surface area contributed by atoms with Gasteiger partial charge in [0.05, 0.1) is 0 Å². The molecule has 3 rings (SSSR count). The first kappa shape index (κ1) is 11.0. The Morgan fingerprint density at radius 1 is 1.00 bits per heavy atom. The highest BCUT2D eigenvalue weighted by atomic mass is 16.5. The number of ether oxygens (including phenoxy) is 1. The van der Waals surface area contributed by atoms with Gasteiger partial charge in [-0.1, -0.05) is 24.3 Å². The fourth-order valence-corrected chi connectivity index (χ4v) is 2.23. The summed E-state index contributed by atoms with van der Waals surface area (Å²) in [6.45, 7) is 2.96. The zero-order chi connectivity index (χ0) is 12.4. The number of rotatable bonds is 2. The lowest BCUT2D eigenvalue weighted by atomic mass is 9.98. The largest absolute Gasteiger partial charge is 0.457 e. The van der Waals surface area contributed by atoms with Crippen LogP contribution in [0.2, 0.25) is 0 Å². The number of para-hydroxylation sites is 1. The minimum absolute atomic E-state index is 0.864. The van der Waals surface area contributed by atoms with Gasteiger partial charge in [0.2, 0.25) is 0 Å². The van der Waals surface area contributed by atoms with Crippen molar-refractivity contribution in [3.8, 4) is 11.5 Å². The highest BCUT2D eigenvalue weighted by Crippen LogP contribution is 2.26. The maximum atomic E-state index is 5.84. The maximum absolute atomic E-state index is 5.84. The average molecular weight is 237 g/mol. The molecule has 90 valence electrons. The standard InChI is InChI=1S/C16H15NO/c1-12-16-11-15(8-7-13(16)9-10-17-12)18-14-5-3-2-4-6-14/h2-8,11H,9-10H2,1H3. The van der Waals surface area contributed by atoms with Gasteiger partial charge in [0.15, 0.2) is 0 Å². The molecule has 0 N–H and O–H groups in total. The van der Waals surface area contributed by atoms with Crippen molar-refractivity contribution in [3.63, 3.8) is 0 Å². The summed E-state index contributed by atoms with van der Waals surface area (Å²) in [5, 5.41) is 0. The predicted molar refractivity (Wildman–Crippen MR) is 73.7 cm³/mol. The smallest absolute Gasteiger partial charge is 0.128 e. The zero-order valence-corrected chi connectivity index (χ0v) is 10.4. The third kappa shape index (κ3) is 2.14. The lowest BCUT2D eigenvalue weighted by Gasteiger charge is -2.15. The third-order valence-corrected chi connectivity index (χ3v) is 3.18. The summed E-state index contributed by atoms with van der Waals surface area (Å²) in [6, 6.07) is 16.1. The fourth-order valence-electron chi connectivity index (χ4n) is 2.23. The van der Waals surface area contributed by atoms with E-state index in [1.54, 1.807) is 0 Å². The summed E-state index contributed by atoms with van der Waals surface area (Å²) >= 11 is 0. The zero-order valence-electron chi connectivity index (χ0n) is 10.4. The minimum atomic E-state index is 0.864. The van der Waals surface area contributed by atoms with Crippen molar-refractivity contribution in [2.75, 3.05) is 6.54 Å². The molecule has 2 nitrogen and oxygen atoms in total. The molecule has 1 aliphatic heterocycles. The molecular weight excluding hydrogens is 222 g/mol. The van der Waals surface area contributed by atoms with Crippen LogP contribution in [-0.4, -0.2) is 12.3 Å². The molecule has 0 amide bonds. The van der Waals surface area contributed by atoms with E-state index in [0.717, 1.165) is 30.2 Å². The van der Waals surface area contributed by atoms with Gasteiger partial charge in [0, 0.05) is 17.8 Å². The van der Waals surface area contributed by atoms with Crippen LogP contribution in [-0.2, 0) is 6.42 Å². The van der Waals surface area contributed by atoms with Gasteiger partial charge in [-0.15, -0.1) is 0 Å². The normalized spacial score (nSPS) is 13.7. The van der Waals surface area contributed by atoms with Gasteiger partial charge in [-0.3, -0.25) is 4.99 Å². The second kappa shape index (κ2) is 4.65. The summed E-state index contributed by atoms with van der Waals surface area (Å²) in [4.78, 5) is 4.48. The van der Waals surface area contributed by atoms with Crippen LogP contribution >= 0.6 is 0 Å². The number of nitrogens with zero attached hydrogens (tertiary/aromatic N) is 1. The van der Waals surface area contributed by atoms with Crippen LogP contribution in [0.4, 0.5) is 0 Å². The van der Waals surface area contributed by atoms with Crippen molar-refractivity contribution < 1.29 is 4.74 Å². The molecule has 18 heavy (non-hydrogen) atoms. The van der Waals surface area contributed by atoms with E-state index in [0.29, 0.717) is 0 Å². The molecule has 0 unspecified atom stereocenters. The second-order valence-corrected chi connectivity index (χ2v) is 4.45. The summed E-state index contributed by atoms with van der Waals surface area (Å²) < 4.78 is 5.84. The van der Waals surface area contributed by atoms with Gasteiger partial charge in [-0.05, 0) is 43.2 Å². The molecule has 1 aliphatic rings. The maximum Gasteiger partial charge on any atom is 0.128 e. The van der Waals surface area contributed by atoms with Crippen molar-refractivity contribution in [2.24, 2.45) is 4.99 Å². The summed E-state index contributed by atoms with van der Waals surface area (Å²) in [6.07, 6.45) is 1.03. The van der Waals surface area contributed by atoms with Crippen LogP contribution in [0, 0.1) is 0 Å². The van der Waals surface area contributed by atoms with Crippen molar-refractivity contribution >= 4 is 5.71 Å². The van der Waals surface area contributed by atoms with Crippen LogP contribution in [0.25, 0.3) is 0 Å². The molecule has 0 bridgehead atoms. The third-order valence-electron chi connectivity index (χ3n) is 3.18. The van der Waals surface area contributed by atoms with Crippen molar-refractivity contribution in [1.82, 2.24) is 0 Å². The van der Waals surface area contributed by atoms with Crippen LogP contribution < -0.4 is 4.74 Å². The molecule has 1 heterocycles. The Balaban J connectivity index is 1.91. The first-order valence-corrected chi connectivity index (χ1v) is 6.20. The van der Waals surface area contributed by atoms with Crippen LogP contribution in [0.1, 0.15) is 18.1 Å². The lowest BCUT2D eigenvalue weighted by Crippen LogP contribution is -2.09. The number of hydrogen-bond acceptors (Lipinski definition) is 2. The van der Waals surface area contributed by atoms with Gasteiger partial charge in [-0.2, -0.15) is 0 Å². The minimum Gasteiger partial charge on any atom is -0.457 e. The Labute approximate surface area is 107 Å². The second-order valence-electron chi connectivity index (χ2n) is 4.45. The van der Waals surface area contributed by atoms with E-state index in [1.165, 1.54) is 11.1 Å².